The highest BCUT2D eigenvalue weighted by atomic mass is 79.9. The van der Waals surface area contributed by atoms with Gasteiger partial charge in [0, 0.05) is 17.0 Å². The van der Waals surface area contributed by atoms with Crippen LogP contribution >= 0.6 is 15.9 Å². The fourth-order valence-corrected chi connectivity index (χ4v) is 2.07. The van der Waals surface area contributed by atoms with E-state index < -0.39 is 6.29 Å². The molecule has 0 aliphatic carbocycles. The molecule has 1 aromatic rings. The lowest BCUT2D eigenvalue weighted by molar-refractivity contribution is -0.137. The van der Waals surface area contributed by atoms with E-state index in [1.807, 2.05) is 24.3 Å². The molecule has 1 fully saturated rings. The Kier molecular flexibility index (Phi) is 3.21. The molecule has 0 saturated carbocycles. The molecule has 0 radical (unpaired) electrons. The number of hydrogen-bond acceptors (Lipinski definition) is 2. The normalized spacial score (nSPS) is 27.6. The van der Waals surface area contributed by atoms with E-state index in [1.165, 1.54) is 0 Å². The second-order valence-corrected chi connectivity index (χ2v) is 4.48. The number of rotatable bonds is 1. The summed E-state index contributed by atoms with van der Waals surface area (Å²) >= 11 is 3.39. The number of aliphatic hydroxyl groups is 1. The Balaban J connectivity index is 2.16. The number of hydrogen-bond donors (Lipinski definition) is 1. The number of benzene rings is 1. The van der Waals surface area contributed by atoms with Crippen LogP contribution in [-0.4, -0.2) is 18.0 Å². The van der Waals surface area contributed by atoms with E-state index in [0.717, 1.165) is 22.9 Å². The zero-order valence-electron chi connectivity index (χ0n) is 7.82. The molecule has 0 amide bonds. The topological polar surface area (TPSA) is 29.5 Å². The van der Waals surface area contributed by atoms with Crippen molar-refractivity contribution in [2.75, 3.05) is 6.61 Å². The molecule has 0 bridgehead atoms. The SMILES string of the molecule is O[C@@H]1OCCC[C@@H]1c1ccc(Br)cc1. The molecule has 2 rings (SSSR count). The third-order valence-electron chi connectivity index (χ3n) is 2.59. The van der Waals surface area contributed by atoms with Gasteiger partial charge < -0.3 is 9.84 Å². The largest absolute Gasteiger partial charge is 0.367 e. The molecular weight excluding hydrogens is 244 g/mol. The van der Waals surface area contributed by atoms with Crippen LogP contribution in [-0.2, 0) is 4.74 Å². The summed E-state index contributed by atoms with van der Waals surface area (Å²) in [6, 6.07) is 8.06. The quantitative estimate of drug-likeness (QED) is 0.838. The summed E-state index contributed by atoms with van der Waals surface area (Å²) < 4.78 is 6.28. The molecule has 2 nitrogen and oxygen atoms in total. The fourth-order valence-electron chi connectivity index (χ4n) is 1.81. The van der Waals surface area contributed by atoms with Gasteiger partial charge in [-0.15, -0.1) is 0 Å². The van der Waals surface area contributed by atoms with Gasteiger partial charge in [0.2, 0.25) is 0 Å². The maximum absolute atomic E-state index is 9.66. The molecular formula is C11H13BrO2. The van der Waals surface area contributed by atoms with Crippen molar-refractivity contribution in [1.82, 2.24) is 0 Å². The van der Waals surface area contributed by atoms with Crippen LogP contribution in [0.15, 0.2) is 28.7 Å². The van der Waals surface area contributed by atoms with Gasteiger partial charge in [0.25, 0.3) is 0 Å². The Morgan fingerprint density at radius 2 is 2.00 bits per heavy atom. The first-order chi connectivity index (χ1) is 6.77. The minimum absolute atomic E-state index is 0.136. The van der Waals surface area contributed by atoms with E-state index in [2.05, 4.69) is 15.9 Å². The van der Waals surface area contributed by atoms with E-state index in [4.69, 9.17) is 4.74 Å². The number of aliphatic hydroxyl groups excluding tert-OH is 1. The lowest BCUT2D eigenvalue weighted by Crippen LogP contribution is -2.27. The number of halogens is 1. The maximum atomic E-state index is 9.66. The third kappa shape index (κ3) is 2.16. The second-order valence-electron chi connectivity index (χ2n) is 3.56. The highest BCUT2D eigenvalue weighted by Crippen LogP contribution is 2.30. The molecule has 76 valence electrons. The Hall–Kier alpha value is -0.380. The Morgan fingerprint density at radius 3 is 2.64 bits per heavy atom. The van der Waals surface area contributed by atoms with E-state index >= 15 is 0 Å². The molecule has 1 aliphatic heterocycles. The molecule has 2 atom stereocenters. The molecule has 0 spiro atoms. The lowest BCUT2D eigenvalue weighted by Gasteiger charge is -2.28. The van der Waals surface area contributed by atoms with Crippen molar-refractivity contribution < 1.29 is 9.84 Å². The van der Waals surface area contributed by atoms with Gasteiger partial charge in [-0.05, 0) is 30.5 Å². The summed E-state index contributed by atoms with van der Waals surface area (Å²) in [4.78, 5) is 0. The molecule has 1 aromatic carbocycles. The van der Waals surface area contributed by atoms with E-state index in [9.17, 15) is 5.11 Å². The van der Waals surface area contributed by atoms with E-state index in [-0.39, 0.29) is 5.92 Å². The van der Waals surface area contributed by atoms with Crippen molar-refractivity contribution in [2.24, 2.45) is 0 Å². The summed E-state index contributed by atoms with van der Waals surface area (Å²) in [5.41, 5.74) is 1.15. The smallest absolute Gasteiger partial charge is 0.161 e. The average molecular weight is 257 g/mol. The first-order valence-corrected chi connectivity index (χ1v) is 5.62. The first-order valence-electron chi connectivity index (χ1n) is 4.82. The Bertz CT molecular complexity index is 297. The van der Waals surface area contributed by atoms with Crippen LogP contribution in [0.25, 0.3) is 0 Å². The average Bonchev–Trinajstić information content (AvgIpc) is 2.20. The Labute approximate surface area is 92.0 Å². The zero-order chi connectivity index (χ0) is 9.97. The summed E-state index contributed by atoms with van der Waals surface area (Å²) in [7, 11) is 0. The third-order valence-corrected chi connectivity index (χ3v) is 3.12. The second kappa shape index (κ2) is 4.43. The molecule has 1 heterocycles. The summed E-state index contributed by atoms with van der Waals surface area (Å²) in [6.07, 6.45) is 1.39. The summed E-state index contributed by atoms with van der Waals surface area (Å²) in [5.74, 6) is 0.136. The van der Waals surface area contributed by atoms with Crippen molar-refractivity contribution in [3.63, 3.8) is 0 Å². The molecule has 14 heavy (non-hydrogen) atoms. The summed E-state index contributed by atoms with van der Waals surface area (Å²) in [5, 5.41) is 9.66. The maximum Gasteiger partial charge on any atom is 0.161 e. The predicted octanol–water partition coefficient (Wildman–Crippen LogP) is 2.66. The minimum Gasteiger partial charge on any atom is -0.367 e. The molecule has 0 unspecified atom stereocenters. The zero-order valence-corrected chi connectivity index (χ0v) is 9.40. The molecule has 1 saturated heterocycles. The summed E-state index contributed by atoms with van der Waals surface area (Å²) in [6.45, 7) is 0.675. The van der Waals surface area contributed by atoms with Crippen LogP contribution in [0, 0.1) is 0 Å². The van der Waals surface area contributed by atoms with Crippen molar-refractivity contribution in [3.05, 3.63) is 34.3 Å². The van der Waals surface area contributed by atoms with Crippen LogP contribution in [0.3, 0.4) is 0 Å². The molecule has 3 heteroatoms. The lowest BCUT2D eigenvalue weighted by atomic mass is 9.92. The van der Waals surface area contributed by atoms with Crippen LogP contribution in [0.2, 0.25) is 0 Å². The standard InChI is InChI=1S/C11H13BrO2/c12-9-5-3-8(4-6-9)10-2-1-7-14-11(10)13/h3-6,10-11,13H,1-2,7H2/t10-,11-/m1/s1. The monoisotopic (exact) mass is 256 g/mol. The van der Waals surface area contributed by atoms with Gasteiger partial charge in [-0.25, -0.2) is 0 Å². The molecule has 0 aromatic heterocycles. The first kappa shape index (κ1) is 10.1. The van der Waals surface area contributed by atoms with Crippen molar-refractivity contribution >= 4 is 15.9 Å². The van der Waals surface area contributed by atoms with Gasteiger partial charge in [-0.3, -0.25) is 0 Å². The number of ether oxygens (including phenoxy) is 1. The highest BCUT2D eigenvalue weighted by molar-refractivity contribution is 9.10. The van der Waals surface area contributed by atoms with Crippen LogP contribution in [0.4, 0.5) is 0 Å². The molecule has 1 N–H and O–H groups in total. The van der Waals surface area contributed by atoms with Gasteiger partial charge in [-0.1, -0.05) is 28.1 Å². The van der Waals surface area contributed by atoms with Gasteiger partial charge in [0.05, 0.1) is 0 Å². The fraction of sp³-hybridized carbons (Fsp3) is 0.455. The van der Waals surface area contributed by atoms with E-state index in [0.29, 0.717) is 6.61 Å². The van der Waals surface area contributed by atoms with Crippen LogP contribution in [0.1, 0.15) is 24.3 Å². The van der Waals surface area contributed by atoms with Gasteiger partial charge in [0.15, 0.2) is 6.29 Å². The van der Waals surface area contributed by atoms with Crippen molar-refractivity contribution in [1.29, 1.82) is 0 Å². The van der Waals surface area contributed by atoms with Crippen LogP contribution in [0.5, 0.6) is 0 Å². The van der Waals surface area contributed by atoms with Crippen molar-refractivity contribution in [2.45, 2.75) is 25.0 Å². The highest BCUT2D eigenvalue weighted by Gasteiger charge is 2.24. The van der Waals surface area contributed by atoms with Gasteiger partial charge >= 0.3 is 0 Å². The Morgan fingerprint density at radius 1 is 1.29 bits per heavy atom. The minimum atomic E-state index is -0.634. The van der Waals surface area contributed by atoms with Gasteiger partial charge in [0.1, 0.15) is 0 Å². The predicted molar refractivity (Wildman–Crippen MR) is 58.1 cm³/mol. The van der Waals surface area contributed by atoms with Crippen LogP contribution < -0.4 is 0 Å². The van der Waals surface area contributed by atoms with Gasteiger partial charge in [-0.2, -0.15) is 0 Å². The van der Waals surface area contributed by atoms with E-state index in [1.54, 1.807) is 0 Å². The molecule has 1 aliphatic rings. The van der Waals surface area contributed by atoms with Crippen molar-refractivity contribution in [3.8, 4) is 0 Å².